The van der Waals surface area contributed by atoms with Crippen molar-refractivity contribution in [2.45, 2.75) is 37.5 Å². The minimum Gasteiger partial charge on any atom is -0.355 e. The predicted octanol–water partition coefficient (Wildman–Crippen LogP) is 3.93. The Hall–Kier alpha value is -2.89. The molecule has 32 heavy (non-hydrogen) atoms. The second kappa shape index (κ2) is 7.91. The summed E-state index contributed by atoms with van der Waals surface area (Å²) in [6.45, 7) is 6.83. The molecule has 4 rings (SSSR count). The first-order chi connectivity index (χ1) is 15.1. The highest BCUT2D eigenvalue weighted by molar-refractivity contribution is 7.92. The van der Waals surface area contributed by atoms with Crippen molar-refractivity contribution >= 4 is 50.6 Å². The number of thiophene rings is 1. The lowest BCUT2D eigenvalue weighted by Gasteiger charge is -2.22. The molecule has 0 radical (unpaired) electrons. The van der Waals surface area contributed by atoms with Crippen molar-refractivity contribution in [3.8, 4) is 0 Å². The number of aryl methyl sites for hydroxylation is 4. The molecule has 1 aliphatic heterocycles. The highest BCUT2D eigenvalue weighted by Gasteiger charge is 2.52. The summed E-state index contributed by atoms with van der Waals surface area (Å²) in [5.74, 6) is -0.152. The van der Waals surface area contributed by atoms with Crippen LogP contribution in [0.5, 0.6) is 0 Å². The summed E-state index contributed by atoms with van der Waals surface area (Å²) >= 11 is 7.28. The third kappa shape index (κ3) is 3.37. The SMILES string of the molecule is Cc1nc(C)c(NC(=O)c2sccc2S(=O)(=O)C2(c3onc(C)c3Cl)C=CC=N2)c(C)n1. The van der Waals surface area contributed by atoms with Crippen LogP contribution in [0.4, 0.5) is 5.69 Å². The van der Waals surface area contributed by atoms with E-state index < -0.39 is 20.6 Å². The summed E-state index contributed by atoms with van der Waals surface area (Å²) in [5, 5.41) is 8.09. The lowest BCUT2D eigenvalue weighted by Crippen LogP contribution is -2.32. The van der Waals surface area contributed by atoms with Crippen LogP contribution in [0.2, 0.25) is 5.02 Å². The molecule has 1 N–H and O–H groups in total. The zero-order chi connectivity index (χ0) is 23.3. The number of carbonyl (C=O) groups is 1. The lowest BCUT2D eigenvalue weighted by molar-refractivity contribution is 0.102. The van der Waals surface area contributed by atoms with Gasteiger partial charge in [-0.15, -0.1) is 11.3 Å². The van der Waals surface area contributed by atoms with Gasteiger partial charge in [0.25, 0.3) is 5.91 Å². The van der Waals surface area contributed by atoms with Gasteiger partial charge in [0.2, 0.25) is 20.5 Å². The molecule has 166 valence electrons. The number of aliphatic imine (C=N–C) groups is 1. The fraction of sp³-hybridized carbons (Fsp3) is 0.250. The van der Waals surface area contributed by atoms with Gasteiger partial charge in [0.05, 0.1) is 27.7 Å². The minimum atomic E-state index is -4.30. The Labute approximate surface area is 193 Å². The van der Waals surface area contributed by atoms with Crippen molar-refractivity contribution in [1.82, 2.24) is 15.1 Å². The van der Waals surface area contributed by atoms with E-state index in [0.717, 1.165) is 11.3 Å². The van der Waals surface area contributed by atoms with E-state index in [1.54, 1.807) is 27.7 Å². The Bertz CT molecular complexity index is 1370. The number of aromatic nitrogens is 3. The van der Waals surface area contributed by atoms with Crippen LogP contribution < -0.4 is 5.32 Å². The van der Waals surface area contributed by atoms with Gasteiger partial charge in [0, 0.05) is 6.21 Å². The van der Waals surface area contributed by atoms with E-state index in [9.17, 15) is 13.2 Å². The molecule has 0 bridgehead atoms. The van der Waals surface area contributed by atoms with Gasteiger partial charge in [-0.2, -0.15) is 0 Å². The quantitative estimate of drug-likeness (QED) is 0.572. The van der Waals surface area contributed by atoms with Crippen LogP contribution in [-0.4, -0.2) is 35.7 Å². The van der Waals surface area contributed by atoms with E-state index in [-0.39, 0.29) is 20.6 Å². The van der Waals surface area contributed by atoms with Crippen LogP contribution in [-0.2, 0) is 14.7 Å². The third-order valence-electron chi connectivity index (χ3n) is 4.95. The van der Waals surface area contributed by atoms with Crippen molar-refractivity contribution in [3.05, 3.63) is 62.2 Å². The lowest BCUT2D eigenvalue weighted by atomic mass is 10.2. The van der Waals surface area contributed by atoms with Crippen molar-refractivity contribution in [3.63, 3.8) is 0 Å². The van der Waals surface area contributed by atoms with Gasteiger partial charge in [0.15, 0.2) is 0 Å². The molecule has 1 unspecified atom stereocenters. The van der Waals surface area contributed by atoms with Crippen molar-refractivity contribution in [2.24, 2.45) is 4.99 Å². The van der Waals surface area contributed by atoms with E-state index in [1.165, 1.54) is 29.8 Å². The topological polar surface area (TPSA) is 127 Å². The molecule has 12 heteroatoms. The Morgan fingerprint density at radius 2 is 1.84 bits per heavy atom. The first-order valence-corrected chi connectivity index (χ1v) is 12.1. The van der Waals surface area contributed by atoms with E-state index in [2.05, 4.69) is 25.4 Å². The largest absolute Gasteiger partial charge is 0.355 e. The standard InChI is InChI=1S/C20H18ClN5O4S2/c1-10-15(21)18(30-26-10)20(7-5-8-22-20)32(28,29)14-6-9-31-17(14)19(27)25-16-11(2)23-13(4)24-12(16)3/h5-9H,1-4H3,(H,25,27). The number of carbonyl (C=O) groups excluding carboxylic acids is 1. The monoisotopic (exact) mass is 491 g/mol. The van der Waals surface area contributed by atoms with Gasteiger partial charge in [-0.1, -0.05) is 16.8 Å². The van der Waals surface area contributed by atoms with Crippen LogP contribution >= 0.6 is 22.9 Å². The minimum absolute atomic E-state index is 0.00777. The highest BCUT2D eigenvalue weighted by atomic mass is 35.5. The molecule has 0 aliphatic carbocycles. The molecule has 1 atom stereocenters. The average Bonchev–Trinajstić information content (AvgIpc) is 3.46. The summed E-state index contributed by atoms with van der Waals surface area (Å²) in [7, 11) is -4.30. The number of nitrogens with one attached hydrogen (secondary N) is 1. The van der Waals surface area contributed by atoms with Gasteiger partial charge >= 0.3 is 0 Å². The fourth-order valence-corrected chi connectivity index (χ4v) is 6.72. The molecule has 4 heterocycles. The van der Waals surface area contributed by atoms with E-state index >= 15 is 0 Å². The number of anilines is 1. The van der Waals surface area contributed by atoms with Gasteiger partial charge < -0.3 is 9.84 Å². The number of hydrogen-bond acceptors (Lipinski definition) is 9. The molecular weight excluding hydrogens is 474 g/mol. The molecule has 1 amide bonds. The van der Waals surface area contributed by atoms with E-state index in [1.807, 2.05) is 0 Å². The summed E-state index contributed by atoms with van der Waals surface area (Å²) in [5.41, 5.74) is 1.92. The van der Waals surface area contributed by atoms with Crippen molar-refractivity contribution in [1.29, 1.82) is 0 Å². The fourth-order valence-electron chi connectivity index (χ4n) is 3.44. The van der Waals surface area contributed by atoms with Gasteiger partial charge in [-0.25, -0.2) is 18.4 Å². The summed E-state index contributed by atoms with van der Waals surface area (Å²) in [6, 6.07) is 1.36. The summed E-state index contributed by atoms with van der Waals surface area (Å²) in [4.78, 5) is 23.7. The third-order valence-corrected chi connectivity index (χ3v) is 8.60. The second-order valence-electron chi connectivity index (χ2n) is 7.13. The number of sulfone groups is 1. The molecule has 0 saturated carbocycles. The Kier molecular flexibility index (Phi) is 5.51. The first-order valence-electron chi connectivity index (χ1n) is 9.39. The Morgan fingerprint density at radius 3 is 2.41 bits per heavy atom. The molecule has 3 aromatic rings. The van der Waals surface area contributed by atoms with Gasteiger partial charge in [-0.05, 0) is 51.3 Å². The summed E-state index contributed by atoms with van der Waals surface area (Å²) < 4.78 is 32.9. The predicted molar refractivity (Wildman–Crippen MR) is 121 cm³/mol. The smallest absolute Gasteiger partial charge is 0.267 e. The molecule has 9 nitrogen and oxygen atoms in total. The molecule has 1 aliphatic rings. The molecular formula is C20H18ClN5O4S2. The number of amides is 1. The maximum Gasteiger partial charge on any atom is 0.267 e. The number of rotatable bonds is 5. The van der Waals surface area contributed by atoms with Crippen molar-refractivity contribution in [2.75, 3.05) is 5.32 Å². The number of halogens is 1. The average molecular weight is 492 g/mol. The zero-order valence-electron chi connectivity index (χ0n) is 17.5. The number of allylic oxidation sites excluding steroid dienone is 1. The molecule has 0 spiro atoms. The van der Waals surface area contributed by atoms with Crippen LogP contribution in [0.15, 0.2) is 38.0 Å². The van der Waals surface area contributed by atoms with E-state index in [4.69, 9.17) is 16.1 Å². The number of hydrogen-bond donors (Lipinski definition) is 1. The first kappa shape index (κ1) is 22.3. The van der Waals surface area contributed by atoms with Crippen LogP contribution in [0.1, 0.15) is 38.3 Å². The van der Waals surface area contributed by atoms with Gasteiger partial charge in [-0.3, -0.25) is 9.79 Å². The molecule has 0 aromatic carbocycles. The maximum absolute atomic E-state index is 13.8. The van der Waals surface area contributed by atoms with Crippen LogP contribution in [0, 0.1) is 27.7 Å². The van der Waals surface area contributed by atoms with Gasteiger partial charge in [0.1, 0.15) is 15.7 Å². The highest BCUT2D eigenvalue weighted by Crippen LogP contribution is 2.45. The van der Waals surface area contributed by atoms with Crippen LogP contribution in [0.25, 0.3) is 0 Å². The maximum atomic E-state index is 13.8. The second-order valence-corrected chi connectivity index (χ2v) is 10.5. The summed E-state index contributed by atoms with van der Waals surface area (Å²) in [6.07, 6.45) is 4.18. The van der Waals surface area contributed by atoms with E-state index in [0.29, 0.717) is 28.6 Å². The zero-order valence-corrected chi connectivity index (χ0v) is 19.9. The number of nitrogens with zero attached hydrogens (tertiary/aromatic N) is 4. The van der Waals surface area contributed by atoms with Crippen LogP contribution in [0.3, 0.4) is 0 Å². The Balaban J connectivity index is 1.79. The molecule has 0 saturated heterocycles. The Morgan fingerprint density at radius 1 is 1.16 bits per heavy atom. The molecule has 3 aromatic heterocycles. The molecule has 0 fully saturated rings. The van der Waals surface area contributed by atoms with Crippen molar-refractivity contribution < 1.29 is 17.7 Å². The normalized spacial score (nSPS) is 17.8.